The SMILES string of the molecule is CN1CCC(CNc2ccc([N+](=O)[O-])cc2C#N)(N2CCCCC2)CC1. The first kappa shape index (κ1) is 18.6. The molecule has 0 saturated carbocycles. The number of non-ortho nitro benzene ring substituents is 1. The largest absolute Gasteiger partial charge is 0.382 e. The van der Waals surface area contributed by atoms with E-state index in [0.717, 1.165) is 45.6 Å². The lowest BCUT2D eigenvalue weighted by atomic mass is 9.84. The van der Waals surface area contributed by atoms with Crippen LogP contribution >= 0.6 is 0 Å². The molecule has 2 heterocycles. The number of likely N-dealkylation sites (tertiary alicyclic amines) is 2. The summed E-state index contributed by atoms with van der Waals surface area (Å²) in [6, 6.07) is 6.57. The minimum Gasteiger partial charge on any atom is -0.382 e. The van der Waals surface area contributed by atoms with Gasteiger partial charge < -0.3 is 10.2 Å². The van der Waals surface area contributed by atoms with Gasteiger partial charge in [0.05, 0.1) is 16.2 Å². The van der Waals surface area contributed by atoms with Crippen molar-refractivity contribution in [2.24, 2.45) is 0 Å². The average molecular weight is 357 g/mol. The van der Waals surface area contributed by atoms with E-state index in [4.69, 9.17) is 0 Å². The van der Waals surface area contributed by atoms with E-state index in [1.165, 1.54) is 31.4 Å². The molecule has 0 spiro atoms. The van der Waals surface area contributed by atoms with Gasteiger partial charge in [-0.2, -0.15) is 5.26 Å². The van der Waals surface area contributed by atoms with Crippen LogP contribution in [0.4, 0.5) is 11.4 Å². The first-order valence-electron chi connectivity index (χ1n) is 9.40. The first-order chi connectivity index (χ1) is 12.5. The van der Waals surface area contributed by atoms with Gasteiger partial charge in [0.15, 0.2) is 0 Å². The van der Waals surface area contributed by atoms with Crippen LogP contribution < -0.4 is 5.32 Å². The topological polar surface area (TPSA) is 85.4 Å². The van der Waals surface area contributed by atoms with Crippen LogP contribution in [0, 0.1) is 21.4 Å². The van der Waals surface area contributed by atoms with Gasteiger partial charge in [0.1, 0.15) is 6.07 Å². The highest BCUT2D eigenvalue weighted by molar-refractivity contribution is 5.61. The second-order valence-electron chi connectivity index (χ2n) is 7.53. The number of nitrogens with one attached hydrogen (secondary N) is 1. The van der Waals surface area contributed by atoms with Crippen LogP contribution in [0.15, 0.2) is 18.2 Å². The number of nitro groups is 1. The fourth-order valence-electron chi connectivity index (χ4n) is 4.16. The molecule has 0 atom stereocenters. The third-order valence-electron chi connectivity index (χ3n) is 5.89. The number of rotatable bonds is 5. The minimum atomic E-state index is -0.461. The smallest absolute Gasteiger partial charge is 0.270 e. The zero-order chi connectivity index (χ0) is 18.6. The molecule has 0 unspecified atom stereocenters. The predicted molar refractivity (Wildman–Crippen MR) is 101 cm³/mol. The number of piperidine rings is 2. The van der Waals surface area contributed by atoms with Gasteiger partial charge in [-0.05, 0) is 65.0 Å². The van der Waals surface area contributed by atoms with Crippen LogP contribution in [0.25, 0.3) is 0 Å². The molecule has 1 N–H and O–H groups in total. The molecule has 0 aliphatic carbocycles. The molecule has 2 saturated heterocycles. The molecule has 1 aromatic rings. The van der Waals surface area contributed by atoms with Crippen molar-refractivity contribution < 1.29 is 4.92 Å². The number of benzene rings is 1. The second-order valence-corrected chi connectivity index (χ2v) is 7.53. The van der Waals surface area contributed by atoms with E-state index in [0.29, 0.717) is 11.3 Å². The summed E-state index contributed by atoms with van der Waals surface area (Å²) in [6.07, 6.45) is 6.01. The van der Waals surface area contributed by atoms with Gasteiger partial charge in [-0.1, -0.05) is 6.42 Å². The summed E-state index contributed by atoms with van der Waals surface area (Å²) in [5.74, 6) is 0. The molecule has 2 aliphatic heterocycles. The number of nitro benzene ring substituents is 1. The van der Waals surface area contributed by atoms with Crippen molar-refractivity contribution in [1.82, 2.24) is 9.80 Å². The van der Waals surface area contributed by atoms with Crippen LogP contribution in [0.5, 0.6) is 0 Å². The van der Waals surface area contributed by atoms with Gasteiger partial charge in [-0.25, -0.2) is 0 Å². The summed E-state index contributed by atoms with van der Waals surface area (Å²) in [4.78, 5) is 15.5. The number of nitriles is 1. The average Bonchev–Trinajstić information content (AvgIpc) is 2.68. The summed E-state index contributed by atoms with van der Waals surface area (Å²) in [5, 5.41) is 23.8. The van der Waals surface area contributed by atoms with Gasteiger partial charge >= 0.3 is 0 Å². The predicted octanol–water partition coefficient (Wildman–Crippen LogP) is 2.83. The zero-order valence-electron chi connectivity index (χ0n) is 15.4. The molecule has 140 valence electrons. The quantitative estimate of drug-likeness (QED) is 0.644. The van der Waals surface area contributed by atoms with Crippen molar-refractivity contribution in [1.29, 1.82) is 5.26 Å². The zero-order valence-corrected chi connectivity index (χ0v) is 15.4. The molecule has 0 amide bonds. The van der Waals surface area contributed by atoms with E-state index in [1.807, 2.05) is 0 Å². The Balaban J connectivity index is 1.77. The van der Waals surface area contributed by atoms with Crippen molar-refractivity contribution in [3.05, 3.63) is 33.9 Å². The fourth-order valence-corrected chi connectivity index (χ4v) is 4.16. The van der Waals surface area contributed by atoms with E-state index in [2.05, 4.69) is 28.2 Å². The first-order valence-corrected chi connectivity index (χ1v) is 9.40. The third kappa shape index (κ3) is 3.97. The second kappa shape index (κ2) is 8.02. The molecular formula is C19H27N5O2. The highest BCUT2D eigenvalue weighted by atomic mass is 16.6. The highest BCUT2D eigenvalue weighted by Gasteiger charge is 2.39. The Bertz CT molecular complexity index is 686. The Hall–Kier alpha value is -2.17. The lowest BCUT2D eigenvalue weighted by molar-refractivity contribution is -0.384. The van der Waals surface area contributed by atoms with Crippen molar-refractivity contribution in [2.45, 2.75) is 37.6 Å². The Morgan fingerprint density at radius 1 is 1.23 bits per heavy atom. The Labute approximate surface area is 154 Å². The van der Waals surface area contributed by atoms with Gasteiger partial charge in [0.2, 0.25) is 0 Å². The summed E-state index contributed by atoms with van der Waals surface area (Å²) in [5.41, 5.74) is 1.08. The van der Waals surface area contributed by atoms with E-state index in [1.54, 1.807) is 6.07 Å². The standard InChI is InChI=1S/C19H27N5O2/c1-22-11-7-19(8-12-22,23-9-3-2-4-10-23)15-21-18-6-5-17(24(25)26)13-16(18)14-20/h5-6,13,21H,2-4,7-12,15H2,1H3. The van der Waals surface area contributed by atoms with Gasteiger partial charge in [-0.15, -0.1) is 0 Å². The van der Waals surface area contributed by atoms with Gasteiger partial charge in [0, 0.05) is 24.2 Å². The molecular weight excluding hydrogens is 330 g/mol. The monoisotopic (exact) mass is 357 g/mol. The van der Waals surface area contributed by atoms with Gasteiger partial charge in [-0.3, -0.25) is 15.0 Å². The molecule has 7 nitrogen and oxygen atoms in total. The molecule has 0 radical (unpaired) electrons. The maximum absolute atomic E-state index is 10.9. The maximum Gasteiger partial charge on any atom is 0.270 e. The van der Waals surface area contributed by atoms with Crippen molar-refractivity contribution in [3.63, 3.8) is 0 Å². The lowest BCUT2D eigenvalue weighted by Crippen LogP contribution is -2.59. The maximum atomic E-state index is 10.9. The van der Waals surface area contributed by atoms with Crippen molar-refractivity contribution >= 4 is 11.4 Å². The molecule has 2 aliphatic rings. The normalized spacial score (nSPS) is 21.1. The fraction of sp³-hybridized carbons (Fsp3) is 0.632. The Morgan fingerprint density at radius 2 is 1.92 bits per heavy atom. The van der Waals surface area contributed by atoms with E-state index in [9.17, 15) is 15.4 Å². The van der Waals surface area contributed by atoms with E-state index in [-0.39, 0.29) is 11.2 Å². The molecule has 7 heteroatoms. The molecule has 0 bridgehead atoms. The summed E-state index contributed by atoms with van der Waals surface area (Å²) in [7, 11) is 2.16. The molecule has 2 fully saturated rings. The summed E-state index contributed by atoms with van der Waals surface area (Å²) >= 11 is 0. The van der Waals surface area contributed by atoms with Gasteiger partial charge in [0.25, 0.3) is 5.69 Å². The molecule has 1 aromatic carbocycles. The van der Waals surface area contributed by atoms with E-state index < -0.39 is 4.92 Å². The molecule has 26 heavy (non-hydrogen) atoms. The Kier molecular flexibility index (Phi) is 5.74. The summed E-state index contributed by atoms with van der Waals surface area (Å²) < 4.78 is 0. The van der Waals surface area contributed by atoms with Crippen LogP contribution in [0.2, 0.25) is 0 Å². The van der Waals surface area contributed by atoms with Crippen molar-refractivity contribution in [2.75, 3.05) is 45.1 Å². The minimum absolute atomic E-state index is 0.0443. The number of hydrogen-bond acceptors (Lipinski definition) is 6. The lowest BCUT2D eigenvalue weighted by Gasteiger charge is -2.50. The van der Waals surface area contributed by atoms with Crippen LogP contribution in [0.1, 0.15) is 37.7 Å². The van der Waals surface area contributed by atoms with E-state index >= 15 is 0 Å². The van der Waals surface area contributed by atoms with Crippen LogP contribution in [-0.4, -0.2) is 60.0 Å². The highest BCUT2D eigenvalue weighted by Crippen LogP contribution is 2.32. The van der Waals surface area contributed by atoms with Crippen molar-refractivity contribution in [3.8, 4) is 6.07 Å². The third-order valence-corrected chi connectivity index (χ3v) is 5.89. The Morgan fingerprint density at radius 3 is 2.54 bits per heavy atom. The number of anilines is 1. The van der Waals surface area contributed by atoms with Crippen LogP contribution in [-0.2, 0) is 0 Å². The van der Waals surface area contributed by atoms with Crippen LogP contribution in [0.3, 0.4) is 0 Å². The summed E-state index contributed by atoms with van der Waals surface area (Å²) in [6.45, 7) is 5.19. The molecule has 0 aromatic heterocycles. The number of hydrogen-bond donors (Lipinski definition) is 1. The number of nitrogens with zero attached hydrogens (tertiary/aromatic N) is 4. The molecule has 3 rings (SSSR count).